The summed E-state index contributed by atoms with van der Waals surface area (Å²) in [5, 5.41) is 16.8. The van der Waals surface area contributed by atoms with Crippen molar-refractivity contribution in [1.29, 1.82) is 0 Å². The summed E-state index contributed by atoms with van der Waals surface area (Å²) in [7, 11) is 0. The fraction of sp³-hybridized carbons (Fsp3) is 0.727. The molecule has 0 aromatic carbocycles. The minimum atomic E-state index is -1.45. The number of guanidine groups is 1. The second kappa shape index (κ2) is 17.9. The van der Waals surface area contributed by atoms with Gasteiger partial charge in [0.1, 0.15) is 18.1 Å². The Morgan fingerprint density at radius 1 is 0.865 bits per heavy atom. The summed E-state index contributed by atoms with van der Waals surface area (Å²) < 4.78 is 0. The number of amides is 4. The summed E-state index contributed by atoms with van der Waals surface area (Å²) in [4.78, 5) is 65.4. The van der Waals surface area contributed by atoms with Gasteiger partial charge in [0.15, 0.2) is 5.96 Å². The summed E-state index contributed by atoms with van der Waals surface area (Å²) in [5.74, 6) is -4.88. The van der Waals surface area contributed by atoms with Crippen molar-refractivity contribution in [3.63, 3.8) is 0 Å². The first kappa shape index (κ1) is 33.5. The average Bonchev–Trinajstić information content (AvgIpc) is 2.82. The average molecular weight is 530 g/mol. The lowest BCUT2D eigenvalue weighted by molar-refractivity contribution is -0.144. The molecule has 212 valence electrons. The van der Waals surface area contributed by atoms with Crippen molar-refractivity contribution in [2.24, 2.45) is 39.6 Å². The van der Waals surface area contributed by atoms with Crippen molar-refractivity contribution in [3.05, 3.63) is 0 Å². The van der Waals surface area contributed by atoms with Crippen LogP contribution in [-0.2, 0) is 24.0 Å². The first-order chi connectivity index (χ1) is 17.3. The fourth-order valence-electron chi connectivity index (χ4n) is 3.31. The zero-order valence-electron chi connectivity index (χ0n) is 21.6. The van der Waals surface area contributed by atoms with Crippen LogP contribution in [0.3, 0.4) is 0 Å². The zero-order valence-corrected chi connectivity index (χ0v) is 21.6. The number of carbonyl (C=O) groups excluding carboxylic acids is 4. The number of hydrogen-bond donors (Lipinski definition) is 9. The Hall–Kier alpha value is -3.46. The van der Waals surface area contributed by atoms with Gasteiger partial charge in [0.2, 0.25) is 23.6 Å². The SMILES string of the molecule is CCC(C)C(NC(=O)C(CC(N)=O)NC(=O)C(CCCCN)NC(=O)C(N)CCCN=C(N)N)C(=O)O. The van der Waals surface area contributed by atoms with Crippen LogP contribution >= 0.6 is 0 Å². The highest BCUT2D eigenvalue weighted by Gasteiger charge is 2.32. The van der Waals surface area contributed by atoms with E-state index in [2.05, 4.69) is 20.9 Å². The molecule has 5 atom stereocenters. The molecule has 0 heterocycles. The van der Waals surface area contributed by atoms with Gasteiger partial charge in [-0.05, 0) is 44.6 Å². The largest absolute Gasteiger partial charge is 0.480 e. The molecule has 0 aliphatic rings. The van der Waals surface area contributed by atoms with Gasteiger partial charge in [-0.1, -0.05) is 20.3 Å². The van der Waals surface area contributed by atoms with E-state index in [-0.39, 0.29) is 25.3 Å². The molecule has 0 aromatic heterocycles. The molecule has 15 heteroatoms. The number of unbranched alkanes of at least 4 members (excludes halogenated alkanes) is 1. The smallest absolute Gasteiger partial charge is 0.326 e. The third-order valence-corrected chi connectivity index (χ3v) is 5.70. The second-order valence-corrected chi connectivity index (χ2v) is 8.84. The van der Waals surface area contributed by atoms with Crippen molar-refractivity contribution in [3.8, 4) is 0 Å². The van der Waals surface area contributed by atoms with Gasteiger partial charge in [0, 0.05) is 6.54 Å². The zero-order chi connectivity index (χ0) is 28.5. The highest BCUT2D eigenvalue weighted by atomic mass is 16.4. The Kier molecular flexibility index (Phi) is 16.2. The maximum Gasteiger partial charge on any atom is 0.326 e. The van der Waals surface area contributed by atoms with Crippen molar-refractivity contribution in [2.75, 3.05) is 13.1 Å². The summed E-state index contributed by atoms with van der Waals surface area (Å²) in [6, 6.07) is -4.72. The van der Waals surface area contributed by atoms with Crippen LogP contribution in [0, 0.1) is 5.92 Å². The number of carbonyl (C=O) groups is 5. The normalized spacial score (nSPS) is 14.8. The lowest BCUT2D eigenvalue weighted by atomic mass is 9.98. The number of rotatable bonds is 19. The molecule has 0 aliphatic heterocycles. The van der Waals surface area contributed by atoms with Gasteiger partial charge in [-0.3, -0.25) is 24.2 Å². The number of primary amides is 1. The maximum absolute atomic E-state index is 13.0. The van der Waals surface area contributed by atoms with E-state index in [1.807, 2.05) is 0 Å². The molecular weight excluding hydrogens is 486 g/mol. The minimum absolute atomic E-state index is 0.0805. The Balaban J connectivity index is 5.49. The number of nitrogens with two attached hydrogens (primary N) is 5. The molecule has 0 fully saturated rings. The van der Waals surface area contributed by atoms with Gasteiger partial charge in [-0.15, -0.1) is 0 Å². The molecule has 14 N–H and O–H groups in total. The maximum atomic E-state index is 13.0. The minimum Gasteiger partial charge on any atom is -0.480 e. The van der Waals surface area contributed by atoms with E-state index in [0.717, 1.165) is 0 Å². The number of carboxylic acids is 1. The third kappa shape index (κ3) is 14.0. The predicted octanol–water partition coefficient (Wildman–Crippen LogP) is -3.04. The molecule has 0 bridgehead atoms. The van der Waals surface area contributed by atoms with Crippen molar-refractivity contribution >= 4 is 35.6 Å². The Bertz CT molecular complexity index is 804. The molecule has 5 unspecified atom stereocenters. The standard InChI is InChI=1S/C22H43N9O6/c1-3-12(2)17(21(36)37)31-20(35)15(11-16(25)32)30-19(34)14(8-4-5-9-23)29-18(33)13(24)7-6-10-28-22(26)27/h12-15,17H,3-11,23-24H2,1-2H3,(H2,25,32)(H,29,33)(H,30,34)(H,31,35)(H,36,37)(H4,26,27,28). The molecule has 4 amide bonds. The van der Waals surface area contributed by atoms with Gasteiger partial charge in [-0.25, -0.2) is 4.79 Å². The molecule has 0 spiro atoms. The molecule has 37 heavy (non-hydrogen) atoms. The topological polar surface area (TPSA) is 284 Å². The Morgan fingerprint density at radius 3 is 1.97 bits per heavy atom. The summed E-state index contributed by atoms with van der Waals surface area (Å²) >= 11 is 0. The molecule has 0 saturated carbocycles. The number of nitrogens with zero attached hydrogens (tertiary/aromatic N) is 1. The van der Waals surface area contributed by atoms with E-state index in [0.29, 0.717) is 32.2 Å². The van der Waals surface area contributed by atoms with Crippen LogP contribution in [0.1, 0.15) is 58.8 Å². The molecular formula is C22H43N9O6. The van der Waals surface area contributed by atoms with Crippen molar-refractivity contribution in [2.45, 2.75) is 83.0 Å². The van der Waals surface area contributed by atoms with Crippen LogP contribution < -0.4 is 44.6 Å². The fourth-order valence-corrected chi connectivity index (χ4v) is 3.31. The number of carboxylic acid groups (broad SMARTS) is 1. The van der Waals surface area contributed by atoms with E-state index in [1.54, 1.807) is 13.8 Å². The van der Waals surface area contributed by atoms with Crippen LogP contribution in [0.2, 0.25) is 0 Å². The number of aliphatic imine (C=N–C) groups is 1. The van der Waals surface area contributed by atoms with Gasteiger partial charge < -0.3 is 49.7 Å². The summed E-state index contributed by atoms with van der Waals surface area (Å²) in [5.41, 5.74) is 27.2. The number of aliphatic carboxylic acids is 1. The third-order valence-electron chi connectivity index (χ3n) is 5.70. The molecule has 0 saturated heterocycles. The molecule has 0 aromatic rings. The summed E-state index contributed by atoms with van der Waals surface area (Å²) in [6.45, 7) is 4.05. The van der Waals surface area contributed by atoms with Crippen LogP contribution in [0.15, 0.2) is 4.99 Å². The van der Waals surface area contributed by atoms with Crippen LogP contribution in [0.25, 0.3) is 0 Å². The first-order valence-corrected chi connectivity index (χ1v) is 12.3. The highest BCUT2D eigenvalue weighted by Crippen LogP contribution is 2.09. The van der Waals surface area contributed by atoms with E-state index in [1.165, 1.54) is 0 Å². The number of nitrogens with one attached hydrogen (secondary N) is 3. The van der Waals surface area contributed by atoms with E-state index < -0.39 is 66.1 Å². The Labute approximate surface area is 216 Å². The van der Waals surface area contributed by atoms with Crippen LogP contribution in [0.4, 0.5) is 0 Å². The monoisotopic (exact) mass is 529 g/mol. The van der Waals surface area contributed by atoms with E-state index in [9.17, 15) is 29.1 Å². The lowest BCUT2D eigenvalue weighted by Gasteiger charge is -2.26. The van der Waals surface area contributed by atoms with Gasteiger partial charge >= 0.3 is 5.97 Å². The molecule has 0 radical (unpaired) electrons. The molecule has 15 nitrogen and oxygen atoms in total. The van der Waals surface area contributed by atoms with Crippen molar-refractivity contribution < 1.29 is 29.1 Å². The van der Waals surface area contributed by atoms with E-state index in [4.69, 9.17) is 28.7 Å². The highest BCUT2D eigenvalue weighted by molar-refractivity contribution is 5.96. The summed E-state index contributed by atoms with van der Waals surface area (Å²) in [6.07, 6.45) is 1.81. The van der Waals surface area contributed by atoms with Crippen LogP contribution in [-0.4, -0.2) is 77.9 Å². The molecule has 0 aliphatic carbocycles. The van der Waals surface area contributed by atoms with Crippen LogP contribution in [0.5, 0.6) is 0 Å². The number of hydrogen-bond acceptors (Lipinski definition) is 8. The Morgan fingerprint density at radius 2 is 1.46 bits per heavy atom. The van der Waals surface area contributed by atoms with Gasteiger partial charge in [0.25, 0.3) is 0 Å². The predicted molar refractivity (Wildman–Crippen MR) is 137 cm³/mol. The van der Waals surface area contributed by atoms with E-state index >= 15 is 0 Å². The lowest BCUT2D eigenvalue weighted by Crippen LogP contribution is -2.58. The van der Waals surface area contributed by atoms with Gasteiger partial charge in [0.05, 0.1) is 12.5 Å². The van der Waals surface area contributed by atoms with Gasteiger partial charge in [-0.2, -0.15) is 0 Å². The first-order valence-electron chi connectivity index (χ1n) is 12.3. The molecule has 0 rings (SSSR count). The second-order valence-electron chi connectivity index (χ2n) is 8.84. The van der Waals surface area contributed by atoms with Crippen molar-refractivity contribution in [1.82, 2.24) is 16.0 Å². The quantitative estimate of drug-likeness (QED) is 0.0463.